The van der Waals surface area contributed by atoms with Crippen LogP contribution >= 0.6 is 0 Å². The first-order chi connectivity index (χ1) is 8.08. The highest BCUT2D eigenvalue weighted by Crippen LogP contribution is 2.21. The van der Waals surface area contributed by atoms with Crippen molar-refractivity contribution in [1.82, 2.24) is 0 Å². The number of hydrogen-bond acceptors (Lipinski definition) is 2. The van der Waals surface area contributed by atoms with Crippen molar-refractivity contribution in [3.63, 3.8) is 0 Å². The molecule has 0 fully saturated rings. The Balaban J connectivity index is 2.21. The zero-order valence-electron chi connectivity index (χ0n) is 9.41. The molecule has 1 atom stereocenters. The first-order valence-corrected chi connectivity index (χ1v) is 5.32. The fourth-order valence-corrected chi connectivity index (χ4v) is 1.70. The number of hydrogen-bond donors (Lipinski definition) is 1. The first kappa shape index (κ1) is 11.8. The van der Waals surface area contributed by atoms with Crippen molar-refractivity contribution in [3.8, 4) is 0 Å². The predicted molar refractivity (Wildman–Crippen MR) is 60.4 cm³/mol. The van der Waals surface area contributed by atoms with Gasteiger partial charge in [0.2, 0.25) is 0 Å². The number of halogens is 2. The number of aryl methyl sites for hydroxylation is 1. The van der Waals surface area contributed by atoms with Crippen LogP contribution in [0.25, 0.3) is 0 Å². The van der Waals surface area contributed by atoms with Crippen LogP contribution in [0.4, 0.5) is 8.78 Å². The van der Waals surface area contributed by atoms with Crippen molar-refractivity contribution in [2.75, 3.05) is 0 Å². The van der Waals surface area contributed by atoms with Gasteiger partial charge >= 0.3 is 0 Å². The quantitative estimate of drug-likeness (QED) is 0.890. The minimum absolute atomic E-state index is 0.00551. The maximum absolute atomic E-state index is 13.4. The molecule has 2 N–H and O–H groups in total. The maximum Gasteiger partial charge on any atom is 0.129 e. The number of nitrogens with two attached hydrogens (primary N) is 1. The van der Waals surface area contributed by atoms with E-state index in [2.05, 4.69) is 0 Å². The van der Waals surface area contributed by atoms with Crippen molar-refractivity contribution in [2.24, 2.45) is 5.73 Å². The van der Waals surface area contributed by atoms with Crippen LogP contribution in [0, 0.1) is 18.6 Å². The molecule has 1 aromatic carbocycles. The average Bonchev–Trinajstić information content (AvgIpc) is 2.70. The Morgan fingerprint density at radius 1 is 1.18 bits per heavy atom. The molecule has 0 aliphatic rings. The standard InChI is InChI=1S/C13H13F2NO/c1-8-5-6-13(17-8)12(16)7-9-10(14)3-2-4-11(9)15/h2-6,12H,7,16H2,1H3. The van der Waals surface area contributed by atoms with Gasteiger partial charge in [-0.25, -0.2) is 8.78 Å². The smallest absolute Gasteiger partial charge is 0.129 e. The fourth-order valence-electron chi connectivity index (χ4n) is 1.70. The van der Waals surface area contributed by atoms with Crippen LogP contribution < -0.4 is 5.73 Å². The Hall–Kier alpha value is -1.68. The van der Waals surface area contributed by atoms with Crippen molar-refractivity contribution in [3.05, 3.63) is 59.1 Å². The van der Waals surface area contributed by atoms with Gasteiger partial charge < -0.3 is 10.2 Å². The van der Waals surface area contributed by atoms with Gasteiger partial charge in [-0.1, -0.05) is 6.07 Å². The zero-order chi connectivity index (χ0) is 12.4. The van der Waals surface area contributed by atoms with E-state index in [0.717, 1.165) is 5.76 Å². The molecule has 0 aliphatic heterocycles. The van der Waals surface area contributed by atoms with Crippen molar-refractivity contribution >= 4 is 0 Å². The summed E-state index contributed by atoms with van der Waals surface area (Å²) in [6, 6.07) is 6.72. The molecule has 1 heterocycles. The van der Waals surface area contributed by atoms with E-state index in [0.29, 0.717) is 5.76 Å². The largest absolute Gasteiger partial charge is 0.465 e. The summed E-state index contributed by atoms with van der Waals surface area (Å²) in [5, 5.41) is 0. The van der Waals surface area contributed by atoms with Crippen molar-refractivity contribution in [2.45, 2.75) is 19.4 Å². The molecule has 2 aromatic rings. The van der Waals surface area contributed by atoms with E-state index < -0.39 is 17.7 Å². The maximum atomic E-state index is 13.4. The topological polar surface area (TPSA) is 39.2 Å². The van der Waals surface area contributed by atoms with Gasteiger partial charge in [-0.05, 0) is 31.2 Å². The summed E-state index contributed by atoms with van der Waals surface area (Å²) in [6.45, 7) is 1.79. The molecule has 0 aliphatic carbocycles. The lowest BCUT2D eigenvalue weighted by molar-refractivity contribution is 0.437. The zero-order valence-corrected chi connectivity index (χ0v) is 9.41. The van der Waals surface area contributed by atoms with Crippen LogP contribution in [0.2, 0.25) is 0 Å². The van der Waals surface area contributed by atoms with Crippen LogP contribution in [0.5, 0.6) is 0 Å². The van der Waals surface area contributed by atoms with E-state index in [1.807, 2.05) is 0 Å². The normalized spacial score (nSPS) is 12.7. The molecule has 0 radical (unpaired) electrons. The molecule has 2 nitrogen and oxygen atoms in total. The number of furan rings is 1. The van der Waals surface area contributed by atoms with Crippen LogP contribution in [0.3, 0.4) is 0 Å². The highest BCUT2D eigenvalue weighted by molar-refractivity contribution is 5.22. The second-order valence-corrected chi connectivity index (χ2v) is 3.96. The highest BCUT2D eigenvalue weighted by Gasteiger charge is 2.16. The SMILES string of the molecule is Cc1ccc(C(N)Cc2c(F)cccc2F)o1. The van der Waals surface area contributed by atoms with E-state index in [-0.39, 0.29) is 12.0 Å². The number of benzene rings is 1. The first-order valence-electron chi connectivity index (χ1n) is 5.32. The summed E-state index contributed by atoms with van der Waals surface area (Å²) in [5.41, 5.74) is 5.85. The Morgan fingerprint density at radius 3 is 2.35 bits per heavy atom. The van der Waals surface area contributed by atoms with E-state index in [1.165, 1.54) is 18.2 Å². The molecule has 0 saturated carbocycles. The summed E-state index contributed by atoms with van der Waals surface area (Å²) in [5.74, 6) is 0.0991. The molecule has 2 rings (SSSR count). The third-order valence-corrected chi connectivity index (χ3v) is 2.61. The lowest BCUT2D eigenvalue weighted by Gasteiger charge is -2.10. The molecule has 1 aromatic heterocycles. The third kappa shape index (κ3) is 2.53. The molecule has 1 unspecified atom stereocenters. The van der Waals surface area contributed by atoms with Crippen LogP contribution in [-0.4, -0.2) is 0 Å². The second kappa shape index (κ2) is 4.67. The predicted octanol–water partition coefficient (Wildman–Crippen LogP) is 3.11. The molecular formula is C13H13F2NO. The average molecular weight is 237 g/mol. The van der Waals surface area contributed by atoms with Crippen LogP contribution in [-0.2, 0) is 6.42 Å². The van der Waals surface area contributed by atoms with Gasteiger partial charge in [0.1, 0.15) is 23.2 Å². The Bertz CT molecular complexity index is 502. The van der Waals surface area contributed by atoms with Crippen molar-refractivity contribution < 1.29 is 13.2 Å². The monoisotopic (exact) mass is 237 g/mol. The summed E-state index contributed by atoms with van der Waals surface area (Å²) >= 11 is 0. The van der Waals surface area contributed by atoms with Gasteiger partial charge in [0.15, 0.2) is 0 Å². The van der Waals surface area contributed by atoms with Gasteiger partial charge in [0.05, 0.1) is 6.04 Å². The Kier molecular flexibility index (Phi) is 3.24. The minimum atomic E-state index is -0.580. The summed E-state index contributed by atoms with van der Waals surface area (Å²) in [7, 11) is 0. The van der Waals surface area contributed by atoms with E-state index >= 15 is 0 Å². The van der Waals surface area contributed by atoms with Gasteiger partial charge in [-0.15, -0.1) is 0 Å². The van der Waals surface area contributed by atoms with Gasteiger partial charge in [0.25, 0.3) is 0 Å². The van der Waals surface area contributed by atoms with E-state index in [1.54, 1.807) is 19.1 Å². The fraction of sp³-hybridized carbons (Fsp3) is 0.231. The molecule has 90 valence electrons. The second-order valence-electron chi connectivity index (χ2n) is 3.96. The molecule has 0 spiro atoms. The summed E-state index contributed by atoms with van der Waals surface area (Å²) < 4.78 is 32.1. The van der Waals surface area contributed by atoms with E-state index in [9.17, 15) is 8.78 Å². The summed E-state index contributed by atoms with van der Waals surface area (Å²) in [6.07, 6.45) is 0.0749. The van der Waals surface area contributed by atoms with E-state index in [4.69, 9.17) is 10.2 Å². The molecule has 0 bridgehead atoms. The van der Waals surface area contributed by atoms with Crippen LogP contribution in [0.15, 0.2) is 34.7 Å². The third-order valence-electron chi connectivity index (χ3n) is 2.61. The lowest BCUT2D eigenvalue weighted by Crippen LogP contribution is -2.14. The van der Waals surface area contributed by atoms with Gasteiger partial charge in [0, 0.05) is 12.0 Å². The molecule has 0 saturated heterocycles. The highest BCUT2D eigenvalue weighted by atomic mass is 19.1. The Labute approximate surface area is 98.0 Å². The van der Waals surface area contributed by atoms with Crippen molar-refractivity contribution in [1.29, 1.82) is 0 Å². The lowest BCUT2D eigenvalue weighted by atomic mass is 10.0. The summed E-state index contributed by atoms with van der Waals surface area (Å²) in [4.78, 5) is 0. The minimum Gasteiger partial charge on any atom is -0.465 e. The Morgan fingerprint density at radius 2 is 1.82 bits per heavy atom. The van der Waals surface area contributed by atoms with Crippen LogP contribution in [0.1, 0.15) is 23.1 Å². The molecule has 0 amide bonds. The number of rotatable bonds is 3. The molecule has 17 heavy (non-hydrogen) atoms. The molecular weight excluding hydrogens is 224 g/mol. The molecule has 4 heteroatoms. The van der Waals surface area contributed by atoms with Gasteiger partial charge in [-0.2, -0.15) is 0 Å². The van der Waals surface area contributed by atoms with Gasteiger partial charge in [-0.3, -0.25) is 0 Å².